The summed E-state index contributed by atoms with van der Waals surface area (Å²) >= 11 is 5.00. The van der Waals surface area contributed by atoms with Gasteiger partial charge in [-0.1, -0.05) is 26.1 Å². The molecule has 13 heavy (non-hydrogen) atoms. The van der Waals surface area contributed by atoms with Crippen LogP contribution < -0.4 is 5.32 Å². The number of hydrogen-bond donors (Lipinski definition) is 2. The second kappa shape index (κ2) is 4.37. The highest BCUT2D eigenvalue weighted by molar-refractivity contribution is 7.71. The fourth-order valence-corrected chi connectivity index (χ4v) is 1.24. The van der Waals surface area contributed by atoms with Crippen molar-refractivity contribution in [3.8, 4) is 0 Å². The maximum atomic E-state index is 5.00. The molecule has 0 atom stereocenters. The van der Waals surface area contributed by atoms with Crippen LogP contribution in [0.1, 0.15) is 19.7 Å². The van der Waals surface area contributed by atoms with Crippen molar-refractivity contribution in [3.63, 3.8) is 0 Å². The van der Waals surface area contributed by atoms with Gasteiger partial charge >= 0.3 is 0 Å². The number of aryl methyl sites for hydroxylation is 1. The third kappa shape index (κ3) is 3.55. The lowest BCUT2D eigenvalue weighted by Gasteiger charge is -2.08. The van der Waals surface area contributed by atoms with Gasteiger partial charge < -0.3 is 10.3 Å². The molecule has 0 radical (unpaired) electrons. The molecule has 4 heteroatoms. The molecule has 72 valence electrons. The number of aromatic amines is 1. The minimum absolute atomic E-state index is 0.621. The van der Waals surface area contributed by atoms with E-state index >= 15 is 0 Å². The zero-order chi connectivity index (χ0) is 9.84. The molecule has 1 heterocycles. The summed E-state index contributed by atoms with van der Waals surface area (Å²) in [4.78, 5) is 7.20. The van der Waals surface area contributed by atoms with Gasteiger partial charge in [-0.05, 0) is 12.8 Å². The SMILES string of the molecule is Cc1nc(=S)cc(NCC(C)C)[nH]1. The van der Waals surface area contributed by atoms with Gasteiger partial charge in [0, 0.05) is 12.6 Å². The van der Waals surface area contributed by atoms with Crippen LogP contribution in [-0.4, -0.2) is 16.5 Å². The standard InChI is InChI=1S/C9H15N3S/c1-6(2)5-10-8-4-9(13)12-7(3)11-8/h4,6H,5H2,1-3H3,(H2,10,11,12,13). The quantitative estimate of drug-likeness (QED) is 0.731. The number of H-pyrrole nitrogens is 1. The predicted octanol–water partition coefficient (Wildman–Crippen LogP) is 2.52. The first-order valence-electron chi connectivity index (χ1n) is 4.40. The maximum Gasteiger partial charge on any atom is 0.131 e. The summed E-state index contributed by atoms with van der Waals surface area (Å²) in [6, 6.07) is 1.84. The third-order valence-corrected chi connectivity index (χ3v) is 1.77. The molecule has 0 aliphatic rings. The van der Waals surface area contributed by atoms with Crippen LogP contribution in [0, 0.1) is 17.5 Å². The van der Waals surface area contributed by atoms with Gasteiger partial charge in [0.15, 0.2) is 0 Å². The molecule has 0 fully saturated rings. The van der Waals surface area contributed by atoms with Crippen molar-refractivity contribution < 1.29 is 0 Å². The van der Waals surface area contributed by atoms with Gasteiger partial charge in [-0.25, -0.2) is 4.98 Å². The second-order valence-corrected chi connectivity index (χ2v) is 3.91. The highest BCUT2D eigenvalue weighted by atomic mass is 32.1. The molecule has 0 aliphatic heterocycles. The Morgan fingerprint density at radius 3 is 2.85 bits per heavy atom. The van der Waals surface area contributed by atoms with Crippen LogP contribution in [-0.2, 0) is 0 Å². The fourth-order valence-electron chi connectivity index (χ4n) is 0.989. The van der Waals surface area contributed by atoms with Crippen molar-refractivity contribution >= 4 is 18.0 Å². The first kappa shape index (κ1) is 10.2. The molecule has 0 bridgehead atoms. The molecular formula is C9H15N3S. The Morgan fingerprint density at radius 2 is 2.31 bits per heavy atom. The lowest BCUT2D eigenvalue weighted by atomic mass is 10.2. The normalized spacial score (nSPS) is 10.5. The first-order chi connectivity index (χ1) is 6.08. The summed E-state index contributed by atoms with van der Waals surface area (Å²) in [6.07, 6.45) is 0. The summed E-state index contributed by atoms with van der Waals surface area (Å²) < 4.78 is 0.627. The van der Waals surface area contributed by atoms with Crippen molar-refractivity contribution in [2.24, 2.45) is 5.92 Å². The van der Waals surface area contributed by atoms with E-state index in [9.17, 15) is 0 Å². The average Bonchev–Trinajstić information content (AvgIpc) is 1.99. The van der Waals surface area contributed by atoms with Gasteiger partial charge in [0.1, 0.15) is 16.3 Å². The predicted molar refractivity (Wildman–Crippen MR) is 57.5 cm³/mol. The van der Waals surface area contributed by atoms with Crippen LogP contribution in [0.3, 0.4) is 0 Å². The van der Waals surface area contributed by atoms with Crippen molar-refractivity contribution in [2.45, 2.75) is 20.8 Å². The molecule has 3 nitrogen and oxygen atoms in total. The Bertz CT molecular complexity index is 330. The van der Waals surface area contributed by atoms with Crippen LogP contribution in [0.25, 0.3) is 0 Å². The van der Waals surface area contributed by atoms with Crippen LogP contribution >= 0.6 is 12.2 Å². The molecule has 0 spiro atoms. The Balaban J connectivity index is 2.72. The highest BCUT2D eigenvalue weighted by Crippen LogP contribution is 2.04. The van der Waals surface area contributed by atoms with Gasteiger partial charge in [-0.15, -0.1) is 0 Å². The number of aromatic nitrogens is 2. The largest absolute Gasteiger partial charge is 0.371 e. The van der Waals surface area contributed by atoms with E-state index in [1.165, 1.54) is 0 Å². The molecule has 1 rings (SSSR count). The second-order valence-electron chi connectivity index (χ2n) is 3.49. The number of rotatable bonds is 3. The van der Waals surface area contributed by atoms with Gasteiger partial charge in [-0.3, -0.25) is 0 Å². The van der Waals surface area contributed by atoms with Gasteiger partial charge in [-0.2, -0.15) is 0 Å². The Kier molecular flexibility index (Phi) is 3.42. The van der Waals surface area contributed by atoms with Gasteiger partial charge in [0.05, 0.1) is 0 Å². The van der Waals surface area contributed by atoms with Gasteiger partial charge in [0.2, 0.25) is 0 Å². The van der Waals surface area contributed by atoms with Crippen molar-refractivity contribution in [3.05, 3.63) is 16.5 Å². The van der Waals surface area contributed by atoms with E-state index in [-0.39, 0.29) is 0 Å². The van der Waals surface area contributed by atoms with Crippen LogP contribution in [0.5, 0.6) is 0 Å². The summed E-state index contributed by atoms with van der Waals surface area (Å²) in [5.74, 6) is 2.42. The summed E-state index contributed by atoms with van der Waals surface area (Å²) in [5, 5.41) is 3.26. The molecule has 0 unspecified atom stereocenters. The maximum absolute atomic E-state index is 5.00. The monoisotopic (exact) mass is 197 g/mol. The van der Waals surface area contributed by atoms with Crippen LogP contribution in [0.4, 0.5) is 5.82 Å². The molecular weight excluding hydrogens is 182 g/mol. The van der Waals surface area contributed by atoms with Gasteiger partial charge in [0.25, 0.3) is 0 Å². The fraction of sp³-hybridized carbons (Fsp3) is 0.556. The summed E-state index contributed by atoms with van der Waals surface area (Å²) in [7, 11) is 0. The molecule has 0 saturated heterocycles. The van der Waals surface area contributed by atoms with E-state index in [1.54, 1.807) is 0 Å². The summed E-state index contributed by atoms with van der Waals surface area (Å²) in [6.45, 7) is 7.16. The topological polar surface area (TPSA) is 40.7 Å². The Labute approximate surface area is 83.6 Å². The first-order valence-corrected chi connectivity index (χ1v) is 4.80. The van der Waals surface area contributed by atoms with Crippen molar-refractivity contribution in [1.29, 1.82) is 0 Å². The lowest BCUT2D eigenvalue weighted by Crippen LogP contribution is -2.09. The Hall–Kier alpha value is -0.900. The lowest BCUT2D eigenvalue weighted by molar-refractivity contribution is 0.686. The number of nitrogens with zero attached hydrogens (tertiary/aromatic N) is 1. The molecule has 1 aromatic rings. The molecule has 0 saturated carbocycles. The van der Waals surface area contributed by atoms with Crippen LogP contribution in [0.2, 0.25) is 0 Å². The van der Waals surface area contributed by atoms with Crippen molar-refractivity contribution in [2.75, 3.05) is 11.9 Å². The van der Waals surface area contributed by atoms with E-state index in [2.05, 4.69) is 29.1 Å². The summed E-state index contributed by atoms with van der Waals surface area (Å²) in [5.41, 5.74) is 0. The van der Waals surface area contributed by atoms with E-state index in [0.717, 1.165) is 18.2 Å². The molecule has 0 aromatic carbocycles. The number of nitrogens with one attached hydrogen (secondary N) is 2. The third-order valence-electron chi connectivity index (χ3n) is 1.56. The van der Waals surface area contributed by atoms with E-state index in [4.69, 9.17) is 12.2 Å². The van der Waals surface area contributed by atoms with E-state index in [1.807, 2.05) is 13.0 Å². The van der Waals surface area contributed by atoms with Crippen molar-refractivity contribution in [1.82, 2.24) is 9.97 Å². The number of hydrogen-bond acceptors (Lipinski definition) is 3. The zero-order valence-corrected chi connectivity index (χ0v) is 9.03. The van der Waals surface area contributed by atoms with E-state index < -0.39 is 0 Å². The Morgan fingerprint density at radius 1 is 1.62 bits per heavy atom. The molecule has 2 N–H and O–H groups in total. The molecule has 0 aliphatic carbocycles. The number of anilines is 1. The zero-order valence-electron chi connectivity index (χ0n) is 8.22. The van der Waals surface area contributed by atoms with E-state index in [0.29, 0.717) is 10.6 Å². The van der Waals surface area contributed by atoms with Crippen LogP contribution in [0.15, 0.2) is 6.07 Å². The molecule has 0 amide bonds. The minimum Gasteiger partial charge on any atom is -0.371 e. The minimum atomic E-state index is 0.621. The smallest absolute Gasteiger partial charge is 0.131 e. The highest BCUT2D eigenvalue weighted by Gasteiger charge is 1.96. The molecule has 1 aromatic heterocycles. The average molecular weight is 197 g/mol.